The van der Waals surface area contributed by atoms with Gasteiger partial charge < -0.3 is 5.32 Å². The van der Waals surface area contributed by atoms with Crippen molar-refractivity contribution in [3.8, 4) is 0 Å². The van der Waals surface area contributed by atoms with Crippen LogP contribution in [0.3, 0.4) is 0 Å². The molecule has 3 aromatic carbocycles. The maximum Gasteiger partial charge on any atom is 0.264 e. The molecule has 0 aliphatic rings. The predicted molar refractivity (Wildman–Crippen MR) is 118 cm³/mol. The monoisotopic (exact) mass is 448 g/mol. The lowest BCUT2D eigenvalue weighted by molar-refractivity contribution is 0.102. The molecule has 0 radical (unpaired) electrons. The highest BCUT2D eigenvalue weighted by Crippen LogP contribution is 2.27. The molecule has 3 aromatic rings. The fraction of sp³-hybridized carbons (Fsp3) is 0.0952. The number of nitrogens with zero attached hydrogens (tertiary/aromatic N) is 1. The van der Waals surface area contributed by atoms with Crippen molar-refractivity contribution in [3.63, 3.8) is 0 Å². The Morgan fingerprint density at radius 3 is 2.17 bits per heavy atom. The Kier molecular flexibility index (Phi) is 6.17. The molecule has 0 heterocycles. The number of carbonyl (C=O) groups is 1. The Morgan fingerprint density at radius 2 is 1.55 bits per heavy atom. The van der Waals surface area contributed by atoms with Crippen LogP contribution in [-0.2, 0) is 10.0 Å². The average molecular weight is 449 g/mol. The fourth-order valence-corrected chi connectivity index (χ4v) is 4.15. The first-order valence-electron chi connectivity index (χ1n) is 8.60. The van der Waals surface area contributed by atoms with E-state index in [1.54, 1.807) is 66.7 Å². The normalized spacial score (nSPS) is 11.2. The minimum Gasteiger partial charge on any atom is -0.321 e. The van der Waals surface area contributed by atoms with Crippen molar-refractivity contribution < 1.29 is 13.2 Å². The van der Waals surface area contributed by atoms with E-state index in [9.17, 15) is 13.2 Å². The van der Waals surface area contributed by atoms with E-state index in [0.717, 1.165) is 5.56 Å². The number of benzene rings is 3. The van der Waals surface area contributed by atoms with Crippen molar-refractivity contribution >= 4 is 50.5 Å². The van der Waals surface area contributed by atoms with Crippen molar-refractivity contribution in [2.24, 2.45) is 0 Å². The topological polar surface area (TPSA) is 66.5 Å². The summed E-state index contributed by atoms with van der Waals surface area (Å²) in [6.45, 7) is 1.89. The van der Waals surface area contributed by atoms with Crippen molar-refractivity contribution in [2.45, 2.75) is 11.8 Å². The van der Waals surface area contributed by atoms with Gasteiger partial charge in [0, 0.05) is 17.6 Å². The molecular weight excluding hydrogens is 431 g/mol. The van der Waals surface area contributed by atoms with Gasteiger partial charge in [-0.1, -0.05) is 40.9 Å². The first-order chi connectivity index (χ1) is 13.7. The zero-order chi connectivity index (χ0) is 21.2. The van der Waals surface area contributed by atoms with Crippen LogP contribution in [0.4, 0.5) is 11.4 Å². The van der Waals surface area contributed by atoms with Gasteiger partial charge in [0.15, 0.2) is 0 Å². The Hall–Kier alpha value is -2.54. The zero-order valence-corrected chi connectivity index (χ0v) is 18.0. The summed E-state index contributed by atoms with van der Waals surface area (Å²) in [5, 5.41) is 3.50. The van der Waals surface area contributed by atoms with Gasteiger partial charge in [-0.15, -0.1) is 0 Å². The van der Waals surface area contributed by atoms with Gasteiger partial charge in [0.25, 0.3) is 15.9 Å². The summed E-state index contributed by atoms with van der Waals surface area (Å²) in [7, 11) is -2.23. The van der Waals surface area contributed by atoms with Crippen LogP contribution in [0.5, 0.6) is 0 Å². The highest BCUT2D eigenvalue weighted by molar-refractivity contribution is 7.92. The summed E-state index contributed by atoms with van der Waals surface area (Å²) in [5.41, 5.74) is 2.16. The summed E-state index contributed by atoms with van der Waals surface area (Å²) in [6, 6.07) is 17.6. The zero-order valence-electron chi connectivity index (χ0n) is 15.7. The van der Waals surface area contributed by atoms with E-state index in [1.165, 1.54) is 11.4 Å². The maximum atomic E-state index is 12.8. The molecule has 0 aromatic heterocycles. The van der Waals surface area contributed by atoms with Crippen LogP contribution in [0.25, 0.3) is 0 Å². The van der Waals surface area contributed by atoms with Crippen LogP contribution in [0.1, 0.15) is 15.9 Å². The minimum atomic E-state index is -3.70. The molecule has 3 rings (SSSR count). The molecule has 1 N–H and O–H groups in total. The van der Waals surface area contributed by atoms with Gasteiger partial charge in [-0.25, -0.2) is 8.42 Å². The van der Waals surface area contributed by atoms with Crippen LogP contribution in [0.15, 0.2) is 71.6 Å². The van der Waals surface area contributed by atoms with E-state index in [2.05, 4.69) is 5.32 Å². The summed E-state index contributed by atoms with van der Waals surface area (Å²) < 4.78 is 26.8. The number of anilines is 2. The molecule has 29 heavy (non-hydrogen) atoms. The fourth-order valence-electron chi connectivity index (χ4n) is 2.62. The molecule has 0 fully saturated rings. The Balaban J connectivity index is 1.79. The lowest BCUT2D eigenvalue weighted by atomic mass is 10.2. The SMILES string of the molecule is Cc1ccc(S(=O)(=O)N(C)c2ccc(C(=O)Nc3cc(Cl)ccc3Cl)cc2)cc1. The number of sulfonamides is 1. The third kappa shape index (κ3) is 4.72. The lowest BCUT2D eigenvalue weighted by Gasteiger charge is -2.20. The number of hydrogen-bond acceptors (Lipinski definition) is 3. The average Bonchev–Trinajstić information content (AvgIpc) is 2.70. The van der Waals surface area contributed by atoms with E-state index in [1.807, 2.05) is 6.92 Å². The van der Waals surface area contributed by atoms with E-state index in [-0.39, 0.29) is 10.8 Å². The molecule has 0 aliphatic carbocycles. The quantitative estimate of drug-likeness (QED) is 0.569. The number of hydrogen-bond donors (Lipinski definition) is 1. The first kappa shape index (κ1) is 21.2. The Bertz CT molecular complexity index is 1150. The molecule has 0 saturated heterocycles. The number of carbonyl (C=O) groups excluding carboxylic acids is 1. The molecule has 1 amide bonds. The minimum absolute atomic E-state index is 0.197. The number of aryl methyl sites for hydroxylation is 1. The van der Waals surface area contributed by atoms with E-state index < -0.39 is 10.0 Å². The number of halogens is 2. The van der Waals surface area contributed by atoms with Crippen LogP contribution in [0, 0.1) is 6.92 Å². The molecule has 8 heteroatoms. The summed E-state index contributed by atoms with van der Waals surface area (Å²) in [6.07, 6.45) is 0. The molecule has 0 bridgehead atoms. The van der Waals surface area contributed by atoms with Crippen LogP contribution in [0.2, 0.25) is 10.0 Å². The second-order valence-electron chi connectivity index (χ2n) is 6.41. The van der Waals surface area contributed by atoms with E-state index >= 15 is 0 Å². The van der Waals surface area contributed by atoms with Crippen LogP contribution in [-0.4, -0.2) is 21.4 Å². The summed E-state index contributed by atoms with van der Waals surface area (Å²) in [5.74, 6) is -0.384. The standard InChI is InChI=1S/C21H18Cl2N2O3S/c1-14-3-10-18(11-4-14)29(27,28)25(2)17-8-5-15(6-9-17)21(26)24-20-13-16(22)7-12-19(20)23/h3-13H,1-2H3,(H,24,26). The van der Waals surface area contributed by atoms with Crippen molar-refractivity contribution in [1.82, 2.24) is 0 Å². The maximum absolute atomic E-state index is 12.8. The largest absolute Gasteiger partial charge is 0.321 e. The molecule has 0 saturated carbocycles. The predicted octanol–water partition coefficient (Wildman–Crippen LogP) is 5.38. The van der Waals surface area contributed by atoms with E-state index in [0.29, 0.717) is 27.0 Å². The van der Waals surface area contributed by atoms with Crippen molar-refractivity contribution in [3.05, 3.63) is 87.9 Å². The van der Waals surface area contributed by atoms with Gasteiger partial charge in [-0.05, 0) is 61.5 Å². The molecule has 5 nitrogen and oxygen atoms in total. The van der Waals surface area contributed by atoms with Crippen molar-refractivity contribution in [2.75, 3.05) is 16.7 Å². The highest BCUT2D eigenvalue weighted by atomic mass is 35.5. The molecular formula is C21H18Cl2N2O3S. The highest BCUT2D eigenvalue weighted by Gasteiger charge is 2.21. The van der Waals surface area contributed by atoms with Gasteiger partial charge in [0.2, 0.25) is 0 Å². The summed E-state index contributed by atoms with van der Waals surface area (Å²) >= 11 is 12.0. The van der Waals surface area contributed by atoms with Crippen molar-refractivity contribution in [1.29, 1.82) is 0 Å². The van der Waals surface area contributed by atoms with Crippen LogP contribution < -0.4 is 9.62 Å². The smallest absolute Gasteiger partial charge is 0.264 e. The second-order valence-corrected chi connectivity index (χ2v) is 9.22. The Morgan fingerprint density at radius 1 is 0.931 bits per heavy atom. The number of amides is 1. The second kappa shape index (κ2) is 8.45. The van der Waals surface area contributed by atoms with Gasteiger partial charge >= 0.3 is 0 Å². The van der Waals surface area contributed by atoms with Gasteiger partial charge in [0.1, 0.15) is 0 Å². The molecule has 150 valence electrons. The molecule has 0 aliphatic heterocycles. The van der Waals surface area contributed by atoms with E-state index in [4.69, 9.17) is 23.2 Å². The van der Waals surface area contributed by atoms with Gasteiger partial charge in [-0.3, -0.25) is 9.10 Å². The third-order valence-electron chi connectivity index (χ3n) is 4.35. The molecule has 0 spiro atoms. The summed E-state index contributed by atoms with van der Waals surface area (Å²) in [4.78, 5) is 12.7. The lowest BCUT2D eigenvalue weighted by Crippen LogP contribution is -2.26. The van der Waals surface area contributed by atoms with Gasteiger partial charge in [-0.2, -0.15) is 0 Å². The number of rotatable bonds is 5. The number of nitrogens with one attached hydrogen (secondary N) is 1. The Labute approximate surface area is 179 Å². The molecule has 0 unspecified atom stereocenters. The van der Waals surface area contributed by atoms with Crippen LogP contribution >= 0.6 is 23.2 Å². The van der Waals surface area contributed by atoms with Gasteiger partial charge in [0.05, 0.1) is 21.3 Å². The first-order valence-corrected chi connectivity index (χ1v) is 10.8. The third-order valence-corrected chi connectivity index (χ3v) is 6.71. The molecule has 0 atom stereocenters.